The van der Waals surface area contributed by atoms with E-state index >= 15 is 0 Å². The highest BCUT2D eigenvalue weighted by atomic mass is 35.5. The van der Waals surface area contributed by atoms with Crippen LogP contribution < -0.4 is 19.7 Å². The number of benzene rings is 2. The minimum atomic E-state index is -3.55. The summed E-state index contributed by atoms with van der Waals surface area (Å²) in [7, 11) is -7.07. The number of halogens is 2. The molecule has 0 spiro atoms. The van der Waals surface area contributed by atoms with Gasteiger partial charge in [0.25, 0.3) is 11.8 Å². The maximum Gasteiger partial charge on any atom is 0.256 e. The molecule has 4 atom stereocenters. The fraction of sp³-hybridized carbons (Fsp3) is 0.462. The molecule has 8 heterocycles. The Morgan fingerprint density at radius 1 is 0.671 bits per heavy atom. The van der Waals surface area contributed by atoms with Crippen molar-refractivity contribution in [3.05, 3.63) is 111 Å². The van der Waals surface area contributed by atoms with Crippen molar-refractivity contribution in [1.29, 1.82) is 10.5 Å². The van der Waals surface area contributed by atoms with Crippen molar-refractivity contribution in [1.82, 2.24) is 44.3 Å². The number of fused-ring (bicyclic) bond motifs is 2. The summed E-state index contributed by atoms with van der Waals surface area (Å²) in [5, 5.41) is 30.5. The molecule has 4 saturated heterocycles. The lowest BCUT2D eigenvalue weighted by atomic mass is 9.97. The third-order valence-electron chi connectivity index (χ3n) is 13.7. The number of piperidine rings is 2. The Labute approximate surface area is 455 Å². The SMILES string of the molecule is Cc1ccc(NS(C)(=O)=O)c(C(=O)N2CCCC[C@H]2c2cc3nc(Cl)c(C)cn3n2)c1.Cc1ccc(NS(C)(=O)=O)c(C(=O)N2CCCC[C@H]2c2cc3nc(N4CC[C@@H](C#N)C4)c(C)cn3n2)c1.Cl.N#C[C@@H]1CCNC1. The molecule has 24 heteroatoms. The van der Waals surface area contributed by atoms with Gasteiger partial charge in [-0.25, -0.2) is 35.8 Å². The van der Waals surface area contributed by atoms with Crippen molar-refractivity contribution in [3.8, 4) is 12.1 Å². The van der Waals surface area contributed by atoms with Crippen LogP contribution in [0.1, 0.15) is 118 Å². The fourth-order valence-electron chi connectivity index (χ4n) is 10.0. The van der Waals surface area contributed by atoms with Crippen LogP contribution in [-0.2, 0) is 20.0 Å². The van der Waals surface area contributed by atoms with E-state index in [-0.39, 0.29) is 53.6 Å². The van der Waals surface area contributed by atoms with Gasteiger partial charge in [0.05, 0.1) is 82.5 Å². The van der Waals surface area contributed by atoms with Crippen LogP contribution >= 0.6 is 24.0 Å². The van der Waals surface area contributed by atoms with E-state index in [1.54, 1.807) is 55.2 Å². The van der Waals surface area contributed by atoms with Crippen LogP contribution in [0.15, 0.2) is 60.9 Å². The number of carbonyl (C=O) groups is 2. The average molecular weight is 1120 g/mol. The molecule has 4 aromatic heterocycles. The maximum atomic E-state index is 13.8. The van der Waals surface area contributed by atoms with Gasteiger partial charge in [0.15, 0.2) is 11.3 Å². The van der Waals surface area contributed by atoms with Gasteiger partial charge in [0.2, 0.25) is 20.0 Å². The van der Waals surface area contributed by atoms with E-state index < -0.39 is 20.0 Å². The Morgan fingerprint density at radius 2 is 1.17 bits per heavy atom. The monoisotopic (exact) mass is 1110 g/mol. The van der Waals surface area contributed by atoms with E-state index in [1.165, 1.54) is 0 Å². The Kier molecular flexibility index (Phi) is 18.2. The second-order valence-corrected chi connectivity index (χ2v) is 23.8. The summed E-state index contributed by atoms with van der Waals surface area (Å²) in [6.07, 6.45) is 13.0. The Morgan fingerprint density at radius 3 is 1.62 bits per heavy atom. The molecular formula is C52H64Cl2N14O6S2. The molecule has 404 valence electrons. The standard InChI is InChI=1S/C26H31N7O3S.C21H24ClN5O3S.C5H8N2.ClH/c1-17-7-8-21(30-37(3,35)36)20(12-17)26(34)32-10-5-4-6-23(32)22-13-24-28-25(18(2)15-33(24)29-22)31-11-9-19(14-27)16-31;1-13-7-8-16(25-31(3,29)30)15(10-13)21(28)26-9-5-4-6-18(26)17-11-19-23-20(22)14(2)12-27(19)24-17;6-3-5-1-2-7-4-5;/h7-8,12-13,15,19,23,30H,4-6,9-11,16H2,1-3H3;7-8,10-12,18,25H,4-6,9H2,1-3H3;5,7H,1-2,4H2;1H/t19-,23-;18-;5-;/m000./s1. The number of amides is 2. The van der Waals surface area contributed by atoms with E-state index in [9.17, 15) is 31.7 Å². The van der Waals surface area contributed by atoms with Gasteiger partial charge in [-0.1, -0.05) is 34.9 Å². The molecule has 10 rings (SSSR count). The van der Waals surface area contributed by atoms with Gasteiger partial charge in [0, 0.05) is 68.4 Å². The number of sulfonamides is 2. The van der Waals surface area contributed by atoms with E-state index in [0.29, 0.717) is 53.1 Å². The summed E-state index contributed by atoms with van der Waals surface area (Å²) in [6, 6.07) is 18.1. The lowest BCUT2D eigenvalue weighted by Crippen LogP contribution is -2.39. The first-order chi connectivity index (χ1) is 35.7. The molecule has 0 bridgehead atoms. The lowest BCUT2D eigenvalue weighted by molar-refractivity contribution is 0.0599. The predicted molar refractivity (Wildman–Crippen MR) is 295 cm³/mol. The van der Waals surface area contributed by atoms with Crippen LogP contribution in [0.5, 0.6) is 0 Å². The number of anilines is 3. The molecule has 0 unspecified atom stereocenters. The highest BCUT2D eigenvalue weighted by Gasteiger charge is 2.34. The smallest absolute Gasteiger partial charge is 0.256 e. The minimum Gasteiger partial charge on any atom is -0.355 e. The molecule has 6 aromatic rings. The largest absolute Gasteiger partial charge is 0.355 e. The first-order valence-electron chi connectivity index (χ1n) is 25.1. The van der Waals surface area contributed by atoms with E-state index in [4.69, 9.17) is 26.9 Å². The van der Waals surface area contributed by atoms with Crippen LogP contribution in [0.4, 0.5) is 17.2 Å². The first kappa shape index (κ1) is 57.2. The van der Waals surface area contributed by atoms with Gasteiger partial charge < -0.3 is 20.0 Å². The number of aromatic nitrogens is 6. The van der Waals surface area contributed by atoms with E-state index in [1.807, 2.05) is 52.2 Å². The molecule has 76 heavy (non-hydrogen) atoms. The summed E-state index contributed by atoms with van der Waals surface area (Å²) < 4.78 is 55.9. The van der Waals surface area contributed by atoms with Crippen molar-refractivity contribution in [2.24, 2.45) is 11.8 Å². The number of hydrogen-bond donors (Lipinski definition) is 3. The fourth-order valence-corrected chi connectivity index (χ4v) is 11.3. The van der Waals surface area contributed by atoms with Crippen LogP contribution in [0, 0.1) is 62.2 Å². The normalized spacial score (nSPS) is 19.6. The van der Waals surface area contributed by atoms with Gasteiger partial charge >= 0.3 is 0 Å². The second kappa shape index (κ2) is 24.2. The molecule has 4 aliphatic rings. The average Bonchev–Trinajstić information content (AvgIpc) is 4.22. The summed E-state index contributed by atoms with van der Waals surface area (Å²) >= 11 is 6.15. The van der Waals surface area contributed by atoms with Crippen LogP contribution in [0.25, 0.3) is 11.3 Å². The van der Waals surface area contributed by atoms with Gasteiger partial charge in [-0.2, -0.15) is 20.7 Å². The first-order valence-corrected chi connectivity index (χ1v) is 29.3. The lowest BCUT2D eigenvalue weighted by Gasteiger charge is -2.35. The summed E-state index contributed by atoms with van der Waals surface area (Å²) in [5.41, 5.74) is 7.59. The van der Waals surface area contributed by atoms with Crippen molar-refractivity contribution < 1.29 is 26.4 Å². The predicted octanol–water partition coefficient (Wildman–Crippen LogP) is 7.71. The Bertz CT molecular complexity index is 3400. The zero-order chi connectivity index (χ0) is 53.8. The molecule has 3 N–H and O–H groups in total. The van der Waals surface area contributed by atoms with Crippen molar-refractivity contribution in [2.75, 3.05) is 66.1 Å². The summed E-state index contributed by atoms with van der Waals surface area (Å²) in [6.45, 7) is 12.1. The highest BCUT2D eigenvalue weighted by Crippen LogP contribution is 2.36. The molecule has 20 nitrogen and oxygen atoms in total. The quantitative estimate of drug-likeness (QED) is 0.117. The molecular weight excluding hydrogens is 1050 g/mol. The Balaban J connectivity index is 0.000000196. The highest BCUT2D eigenvalue weighted by molar-refractivity contribution is 7.92. The van der Waals surface area contributed by atoms with Gasteiger partial charge in [-0.05, 0) is 110 Å². The van der Waals surface area contributed by atoms with Gasteiger partial charge in [0.1, 0.15) is 11.0 Å². The maximum absolute atomic E-state index is 13.8. The zero-order valence-electron chi connectivity index (χ0n) is 43.5. The number of nitriles is 2. The minimum absolute atomic E-state index is 0. The molecule has 0 radical (unpaired) electrons. The molecule has 2 amide bonds. The third-order valence-corrected chi connectivity index (χ3v) is 15.3. The topological polar surface area (TPSA) is 256 Å². The number of likely N-dealkylation sites (tertiary alicyclic amines) is 2. The number of carbonyl (C=O) groups excluding carboxylic acids is 2. The van der Waals surface area contributed by atoms with Crippen molar-refractivity contribution in [3.63, 3.8) is 0 Å². The third kappa shape index (κ3) is 13.7. The molecule has 4 fully saturated rings. The molecule has 2 aromatic carbocycles. The number of aryl methyl sites for hydroxylation is 4. The Hall–Kier alpha value is -6.56. The van der Waals surface area contributed by atoms with Crippen LogP contribution in [-0.4, -0.2) is 119 Å². The number of rotatable bonds is 9. The van der Waals surface area contributed by atoms with E-state index in [0.717, 1.165) is 123 Å². The van der Waals surface area contributed by atoms with Gasteiger partial charge in [-0.15, -0.1) is 12.4 Å². The number of nitrogens with zero attached hydrogens (tertiary/aromatic N) is 11. The molecule has 0 aliphatic carbocycles. The summed E-state index contributed by atoms with van der Waals surface area (Å²) in [4.78, 5) is 42.4. The molecule has 4 aliphatic heterocycles. The van der Waals surface area contributed by atoms with Crippen LogP contribution in [0.2, 0.25) is 5.15 Å². The van der Waals surface area contributed by atoms with Gasteiger partial charge in [-0.3, -0.25) is 19.0 Å². The number of hydrogen-bond acceptors (Lipinski definition) is 14. The summed E-state index contributed by atoms with van der Waals surface area (Å²) in [5.74, 6) is 0.729. The number of nitrogens with one attached hydrogen (secondary N) is 3. The second-order valence-electron chi connectivity index (χ2n) is 20.0. The van der Waals surface area contributed by atoms with Crippen molar-refractivity contribution in [2.45, 2.75) is 91.1 Å². The van der Waals surface area contributed by atoms with Crippen molar-refractivity contribution >= 4 is 84.4 Å². The van der Waals surface area contributed by atoms with Crippen LogP contribution in [0.3, 0.4) is 0 Å². The molecule has 0 saturated carbocycles. The van der Waals surface area contributed by atoms with E-state index in [2.05, 4.69) is 41.9 Å². The zero-order valence-corrected chi connectivity index (χ0v) is 46.7.